The van der Waals surface area contributed by atoms with Crippen LogP contribution in [0.4, 0.5) is 0 Å². The standard InChI is InChI=1S/C32H29N3O5/c1-37-26-14-11-21(17-28(26)39-3)30-31(22-12-15-27(38-2)29(18-22)40-4)35-25-16-23(10-13-24(25)34-30)32(36)33-19-20-8-6-5-7-9-20/h5-18H,19H2,1-4H3,(H,33,36). The summed E-state index contributed by atoms with van der Waals surface area (Å²) in [6.45, 7) is 0.429. The van der Waals surface area contributed by atoms with Crippen molar-refractivity contribution in [2.75, 3.05) is 28.4 Å². The molecule has 0 unspecified atom stereocenters. The van der Waals surface area contributed by atoms with Crippen molar-refractivity contribution in [1.29, 1.82) is 0 Å². The molecule has 0 saturated heterocycles. The Labute approximate surface area is 232 Å². The summed E-state index contributed by atoms with van der Waals surface area (Å²) < 4.78 is 21.9. The van der Waals surface area contributed by atoms with Gasteiger partial charge in [-0.1, -0.05) is 30.3 Å². The van der Waals surface area contributed by atoms with Crippen molar-refractivity contribution in [2.24, 2.45) is 0 Å². The largest absolute Gasteiger partial charge is 0.493 e. The maximum absolute atomic E-state index is 13.0. The van der Waals surface area contributed by atoms with E-state index < -0.39 is 0 Å². The van der Waals surface area contributed by atoms with E-state index in [0.717, 1.165) is 16.7 Å². The molecule has 5 aromatic rings. The summed E-state index contributed by atoms with van der Waals surface area (Å²) in [5.41, 5.74) is 5.57. The molecule has 1 heterocycles. The zero-order valence-corrected chi connectivity index (χ0v) is 22.7. The Hall–Kier alpha value is -5.11. The van der Waals surface area contributed by atoms with E-state index in [0.29, 0.717) is 57.5 Å². The highest BCUT2D eigenvalue weighted by molar-refractivity contribution is 5.98. The first-order chi connectivity index (χ1) is 19.5. The van der Waals surface area contributed by atoms with Gasteiger partial charge in [0.15, 0.2) is 23.0 Å². The highest BCUT2D eigenvalue weighted by Gasteiger charge is 2.18. The molecule has 0 aliphatic rings. The molecule has 40 heavy (non-hydrogen) atoms. The summed E-state index contributed by atoms with van der Waals surface area (Å²) in [6, 6.07) is 26.3. The lowest BCUT2D eigenvalue weighted by Gasteiger charge is -2.15. The SMILES string of the molecule is COc1ccc(-c2nc3ccc(C(=O)NCc4ccccc4)cc3nc2-c2ccc(OC)c(OC)c2)cc1OC. The molecule has 5 rings (SSSR count). The normalized spacial score (nSPS) is 10.7. The molecule has 8 heteroatoms. The Morgan fingerprint density at radius 1 is 0.625 bits per heavy atom. The summed E-state index contributed by atoms with van der Waals surface area (Å²) in [5, 5.41) is 2.97. The van der Waals surface area contributed by atoms with Gasteiger partial charge in [-0.15, -0.1) is 0 Å². The molecule has 0 aliphatic carbocycles. The number of methoxy groups -OCH3 is 4. The number of carbonyl (C=O) groups excluding carboxylic acids is 1. The summed E-state index contributed by atoms with van der Waals surface area (Å²) in [6.07, 6.45) is 0. The number of rotatable bonds is 9. The van der Waals surface area contributed by atoms with Crippen molar-refractivity contribution >= 4 is 16.9 Å². The minimum Gasteiger partial charge on any atom is -0.493 e. The van der Waals surface area contributed by atoms with Gasteiger partial charge in [-0.25, -0.2) is 9.97 Å². The topological polar surface area (TPSA) is 91.8 Å². The third-order valence-electron chi connectivity index (χ3n) is 6.54. The lowest BCUT2D eigenvalue weighted by Crippen LogP contribution is -2.22. The number of benzene rings is 4. The van der Waals surface area contributed by atoms with Gasteiger partial charge in [0.1, 0.15) is 0 Å². The van der Waals surface area contributed by atoms with E-state index in [1.54, 1.807) is 40.6 Å². The predicted molar refractivity (Wildman–Crippen MR) is 154 cm³/mol. The first-order valence-electron chi connectivity index (χ1n) is 12.6. The van der Waals surface area contributed by atoms with Crippen molar-refractivity contribution in [3.05, 3.63) is 96.1 Å². The first-order valence-corrected chi connectivity index (χ1v) is 12.6. The van der Waals surface area contributed by atoms with Crippen LogP contribution in [0.3, 0.4) is 0 Å². The summed E-state index contributed by atoms with van der Waals surface area (Å²) >= 11 is 0. The zero-order chi connectivity index (χ0) is 28.1. The van der Waals surface area contributed by atoms with Gasteiger partial charge in [-0.05, 0) is 60.2 Å². The van der Waals surface area contributed by atoms with Gasteiger partial charge in [-0.2, -0.15) is 0 Å². The van der Waals surface area contributed by atoms with Crippen molar-refractivity contribution in [2.45, 2.75) is 6.54 Å². The molecule has 1 aromatic heterocycles. The van der Waals surface area contributed by atoms with Gasteiger partial charge in [-0.3, -0.25) is 4.79 Å². The summed E-state index contributed by atoms with van der Waals surface area (Å²) in [7, 11) is 6.36. The van der Waals surface area contributed by atoms with Crippen LogP contribution in [0.25, 0.3) is 33.5 Å². The molecule has 8 nitrogen and oxygen atoms in total. The van der Waals surface area contributed by atoms with E-state index in [9.17, 15) is 4.79 Å². The van der Waals surface area contributed by atoms with Crippen LogP contribution in [0.15, 0.2) is 84.9 Å². The van der Waals surface area contributed by atoms with E-state index in [1.807, 2.05) is 72.8 Å². The van der Waals surface area contributed by atoms with Crippen molar-refractivity contribution in [3.8, 4) is 45.5 Å². The number of amides is 1. The smallest absolute Gasteiger partial charge is 0.251 e. The Morgan fingerprint density at radius 3 is 1.73 bits per heavy atom. The molecule has 1 N–H and O–H groups in total. The second-order valence-electron chi connectivity index (χ2n) is 8.93. The van der Waals surface area contributed by atoms with E-state index in [-0.39, 0.29) is 5.91 Å². The fraction of sp³-hybridized carbons (Fsp3) is 0.156. The fourth-order valence-electron chi connectivity index (χ4n) is 4.45. The first kappa shape index (κ1) is 26.5. The van der Waals surface area contributed by atoms with E-state index in [4.69, 9.17) is 28.9 Å². The number of carbonyl (C=O) groups is 1. The molecule has 0 saturated carbocycles. The number of hydrogen-bond acceptors (Lipinski definition) is 7. The lowest BCUT2D eigenvalue weighted by atomic mass is 10.0. The Bertz CT molecular complexity index is 1670. The molecule has 0 atom stereocenters. The minimum atomic E-state index is -0.191. The van der Waals surface area contributed by atoms with Gasteiger partial charge in [0, 0.05) is 23.2 Å². The maximum atomic E-state index is 13.0. The van der Waals surface area contributed by atoms with Crippen molar-refractivity contribution in [3.63, 3.8) is 0 Å². The van der Waals surface area contributed by atoms with E-state index in [2.05, 4.69) is 5.32 Å². The molecule has 1 amide bonds. The quantitative estimate of drug-likeness (QED) is 0.250. The molecule has 202 valence electrons. The number of nitrogens with one attached hydrogen (secondary N) is 1. The van der Waals surface area contributed by atoms with Gasteiger partial charge in [0.25, 0.3) is 5.91 Å². The van der Waals surface area contributed by atoms with Crippen LogP contribution in [-0.4, -0.2) is 44.3 Å². The Balaban J connectivity index is 1.61. The van der Waals surface area contributed by atoms with Crippen molar-refractivity contribution < 1.29 is 23.7 Å². The van der Waals surface area contributed by atoms with E-state index in [1.165, 1.54) is 0 Å². The molecular weight excluding hydrogens is 506 g/mol. The average Bonchev–Trinajstić information content (AvgIpc) is 3.02. The fourth-order valence-corrected chi connectivity index (χ4v) is 4.45. The minimum absolute atomic E-state index is 0.191. The molecule has 0 aliphatic heterocycles. The van der Waals surface area contributed by atoms with Crippen LogP contribution in [-0.2, 0) is 6.54 Å². The number of aromatic nitrogens is 2. The molecule has 4 aromatic carbocycles. The number of ether oxygens (including phenoxy) is 4. The van der Waals surface area contributed by atoms with Gasteiger partial charge in [0.2, 0.25) is 0 Å². The maximum Gasteiger partial charge on any atom is 0.251 e. The molecular formula is C32H29N3O5. The third-order valence-corrected chi connectivity index (χ3v) is 6.54. The molecule has 0 bridgehead atoms. The van der Waals surface area contributed by atoms with Gasteiger partial charge >= 0.3 is 0 Å². The third kappa shape index (κ3) is 5.37. The molecule has 0 fully saturated rings. The number of fused-ring (bicyclic) bond motifs is 1. The second-order valence-corrected chi connectivity index (χ2v) is 8.93. The lowest BCUT2D eigenvalue weighted by molar-refractivity contribution is 0.0951. The number of hydrogen-bond donors (Lipinski definition) is 1. The van der Waals surface area contributed by atoms with Crippen LogP contribution >= 0.6 is 0 Å². The highest BCUT2D eigenvalue weighted by atomic mass is 16.5. The summed E-state index contributed by atoms with van der Waals surface area (Å²) in [5.74, 6) is 2.16. The Morgan fingerprint density at radius 2 is 1.18 bits per heavy atom. The average molecular weight is 536 g/mol. The second kappa shape index (κ2) is 11.7. The van der Waals surface area contributed by atoms with Crippen LogP contribution in [0, 0.1) is 0 Å². The predicted octanol–water partition coefficient (Wildman–Crippen LogP) is 5.93. The van der Waals surface area contributed by atoms with Crippen LogP contribution in [0.5, 0.6) is 23.0 Å². The van der Waals surface area contributed by atoms with Crippen LogP contribution in [0.1, 0.15) is 15.9 Å². The van der Waals surface area contributed by atoms with E-state index >= 15 is 0 Å². The monoisotopic (exact) mass is 535 g/mol. The highest BCUT2D eigenvalue weighted by Crippen LogP contribution is 2.39. The van der Waals surface area contributed by atoms with Gasteiger partial charge < -0.3 is 24.3 Å². The van der Waals surface area contributed by atoms with Gasteiger partial charge in [0.05, 0.1) is 50.9 Å². The Kier molecular flexibility index (Phi) is 7.77. The molecule has 0 radical (unpaired) electrons. The molecule has 0 spiro atoms. The number of nitrogens with zero attached hydrogens (tertiary/aromatic N) is 2. The summed E-state index contributed by atoms with van der Waals surface area (Å²) in [4.78, 5) is 23.0. The van der Waals surface area contributed by atoms with Crippen molar-refractivity contribution in [1.82, 2.24) is 15.3 Å². The van der Waals surface area contributed by atoms with Crippen LogP contribution in [0.2, 0.25) is 0 Å². The van der Waals surface area contributed by atoms with Crippen LogP contribution < -0.4 is 24.3 Å². The zero-order valence-electron chi connectivity index (χ0n) is 22.7.